The van der Waals surface area contributed by atoms with Crippen LogP contribution in [0, 0.1) is 6.92 Å². The molecule has 0 bridgehead atoms. The minimum atomic E-state index is -0.00458. The van der Waals surface area contributed by atoms with E-state index in [0.717, 1.165) is 19.6 Å². The van der Waals surface area contributed by atoms with Gasteiger partial charge < -0.3 is 10.2 Å². The molecule has 1 aliphatic heterocycles. The van der Waals surface area contributed by atoms with Crippen molar-refractivity contribution in [1.29, 1.82) is 0 Å². The zero-order valence-electron chi connectivity index (χ0n) is 10.8. The highest BCUT2D eigenvalue weighted by atomic mass is 16.2. The number of hydrogen-bond acceptors (Lipinski definition) is 1. The molecule has 1 fully saturated rings. The van der Waals surface area contributed by atoms with E-state index in [2.05, 4.69) is 50.4 Å². The van der Waals surface area contributed by atoms with Gasteiger partial charge in [0, 0.05) is 25.0 Å². The molecule has 2 rings (SSSR count). The van der Waals surface area contributed by atoms with Gasteiger partial charge in [-0.1, -0.05) is 43.7 Å². The van der Waals surface area contributed by atoms with Crippen molar-refractivity contribution in [2.75, 3.05) is 19.6 Å². The van der Waals surface area contributed by atoms with Gasteiger partial charge in [0.2, 0.25) is 0 Å². The van der Waals surface area contributed by atoms with Gasteiger partial charge in [0.05, 0.1) is 0 Å². The molecule has 17 heavy (non-hydrogen) atoms. The Morgan fingerprint density at radius 3 is 2.47 bits per heavy atom. The van der Waals surface area contributed by atoms with Crippen LogP contribution in [-0.4, -0.2) is 30.6 Å². The molecule has 1 aromatic rings. The van der Waals surface area contributed by atoms with E-state index >= 15 is 0 Å². The summed E-state index contributed by atoms with van der Waals surface area (Å²) in [5.41, 5.74) is 2.54. The molecule has 0 spiro atoms. The van der Waals surface area contributed by atoms with Crippen molar-refractivity contribution >= 4 is 6.03 Å². The lowest BCUT2D eigenvalue weighted by atomic mass is 9.84. The number of urea groups is 1. The maximum atomic E-state index is 11.6. The van der Waals surface area contributed by atoms with Gasteiger partial charge in [-0.25, -0.2) is 4.79 Å². The van der Waals surface area contributed by atoms with Crippen molar-refractivity contribution in [3.05, 3.63) is 35.4 Å². The first-order valence-corrected chi connectivity index (χ1v) is 6.09. The van der Waals surface area contributed by atoms with E-state index in [1.165, 1.54) is 11.1 Å². The molecule has 1 heterocycles. The van der Waals surface area contributed by atoms with Gasteiger partial charge in [-0.05, 0) is 12.5 Å². The topological polar surface area (TPSA) is 32.3 Å². The summed E-state index contributed by atoms with van der Waals surface area (Å²) < 4.78 is 0. The van der Waals surface area contributed by atoms with E-state index in [1.54, 1.807) is 0 Å². The van der Waals surface area contributed by atoms with Crippen LogP contribution in [-0.2, 0) is 5.41 Å². The number of hydrogen-bond donors (Lipinski definition) is 1. The Bertz CT molecular complexity index is 409. The van der Waals surface area contributed by atoms with Crippen LogP contribution in [0.3, 0.4) is 0 Å². The van der Waals surface area contributed by atoms with E-state index < -0.39 is 0 Å². The second-order valence-electron chi connectivity index (χ2n) is 5.40. The summed E-state index contributed by atoms with van der Waals surface area (Å²) in [6.07, 6.45) is 0. The Kier molecular flexibility index (Phi) is 3.09. The highest BCUT2D eigenvalue weighted by Gasteiger charge is 2.28. The minimum absolute atomic E-state index is 0.00458. The number of carbonyl (C=O) groups excluding carboxylic acids is 1. The van der Waals surface area contributed by atoms with Crippen LogP contribution in [0.4, 0.5) is 4.79 Å². The minimum Gasteiger partial charge on any atom is -0.336 e. The molecule has 1 aliphatic rings. The molecular formula is C14H20N2O. The third-order valence-corrected chi connectivity index (χ3v) is 3.36. The van der Waals surface area contributed by atoms with Crippen molar-refractivity contribution in [3.8, 4) is 0 Å². The molecule has 1 N–H and O–H groups in total. The van der Waals surface area contributed by atoms with E-state index in [9.17, 15) is 4.79 Å². The lowest BCUT2D eigenvalue weighted by molar-refractivity contribution is 0.206. The standard InChI is InChI=1S/C14H20N2O/c1-11-4-6-12(7-5-11)14(2,3)10-16-9-8-15-13(16)17/h4-7H,8-10H2,1-3H3,(H,15,17). The highest BCUT2D eigenvalue weighted by molar-refractivity contribution is 5.76. The largest absolute Gasteiger partial charge is 0.336 e. The Morgan fingerprint density at radius 1 is 1.29 bits per heavy atom. The van der Waals surface area contributed by atoms with Gasteiger partial charge in [-0.15, -0.1) is 0 Å². The van der Waals surface area contributed by atoms with Crippen LogP contribution < -0.4 is 5.32 Å². The summed E-state index contributed by atoms with van der Waals surface area (Å²) in [4.78, 5) is 13.4. The molecule has 3 nitrogen and oxygen atoms in total. The average molecular weight is 232 g/mol. The third kappa shape index (κ3) is 2.60. The molecule has 0 unspecified atom stereocenters. The monoisotopic (exact) mass is 232 g/mol. The number of aryl methyl sites for hydroxylation is 1. The van der Waals surface area contributed by atoms with Crippen molar-refractivity contribution in [2.45, 2.75) is 26.2 Å². The molecule has 2 amide bonds. The lowest BCUT2D eigenvalue weighted by Gasteiger charge is -2.30. The molecule has 1 aromatic carbocycles. The van der Waals surface area contributed by atoms with Crippen LogP contribution >= 0.6 is 0 Å². The fourth-order valence-corrected chi connectivity index (χ4v) is 2.24. The van der Waals surface area contributed by atoms with E-state index in [4.69, 9.17) is 0 Å². The van der Waals surface area contributed by atoms with Crippen LogP contribution in [0.2, 0.25) is 0 Å². The molecule has 1 saturated heterocycles. The van der Waals surface area contributed by atoms with Gasteiger partial charge in [0.1, 0.15) is 0 Å². The van der Waals surface area contributed by atoms with Gasteiger partial charge in [0.25, 0.3) is 0 Å². The van der Waals surface area contributed by atoms with Crippen molar-refractivity contribution in [3.63, 3.8) is 0 Å². The lowest BCUT2D eigenvalue weighted by Crippen LogP contribution is -2.39. The molecule has 0 atom stereocenters. The van der Waals surface area contributed by atoms with Crippen molar-refractivity contribution in [2.24, 2.45) is 0 Å². The summed E-state index contributed by atoms with van der Waals surface area (Å²) in [5.74, 6) is 0. The van der Waals surface area contributed by atoms with Crippen LogP contribution in [0.15, 0.2) is 24.3 Å². The first-order valence-electron chi connectivity index (χ1n) is 6.09. The summed E-state index contributed by atoms with van der Waals surface area (Å²) in [6, 6.07) is 8.62. The second-order valence-corrected chi connectivity index (χ2v) is 5.40. The predicted octanol–water partition coefficient (Wildman–Crippen LogP) is 2.30. The van der Waals surface area contributed by atoms with Crippen molar-refractivity contribution in [1.82, 2.24) is 10.2 Å². The number of amides is 2. The van der Waals surface area contributed by atoms with Crippen LogP contribution in [0.5, 0.6) is 0 Å². The second kappa shape index (κ2) is 4.40. The SMILES string of the molecule is Cc1ccc(C(C)(C)CN2CCNC2=O)cc1. The van der Waals surface area contributed by atoms with E-state index in [-0.39, 0.29) is 11.4 Å². The zero-order chi connectivity index (χ0) is 12.5. The van der Waals surface area contributed by atoms with Crippen LogP contribution in [0.1, 0.15) is 25.0 Å². The quantitative estimate of drug-likeness (QED) is 0.852. The highest BCUT2D eigenvalue weighted by Crippen LogP contribution is 2.25. The molecular weight excluding hydrogens is 212 g/mol. The first-order chi connectivity index (χ1) is 7.99. The Hall–Kier alpha value is -1.51. The maximum Gasteiger partial charge on any atom is 0.317 e. The number of nitrogens with one attached hydrogen (secondary N) is 1. The third-order valence-electron chi connectivity index (χ3n) is 3.36. The Morgan fingerprint density at radius 2 is 1.94 bits per heavy atom. The molecule has 0 aromatic heterocycles. The Balaban J connectivity index is 2.12. The summed E-state index contributed by atoms with van der Waals surface area (Å²) >= 11 is 0. The Labute approximate surface area is 103 Å². The van der Waals surface area contributed by atoms with Crippen molar-refractivity contribution < 1.29 is 4.79 Å². The van der Waals surface area contributed by atoms with Gasteiger partial charge in [-0.3, -0.25) is 0 Å². The van der Waals surface area contributed by atoms with Gasteiger partial charge in [-0.2, -0.15) is 0 Å². The number of rotatable bonds is 3. The zero-order valence-corrected chi connectivity index (χ0v) is 10.8. The fourth-order valence-electron chi connectivity index (χ4n) is 2.24. The summed E-state index contributed by atoms with van der Waals surface area (Å²) in [5, 5.41) is 2.84. The maximum absolute atomic E-state index is 11.6. The molecule has 92 valence electrons. The number of nitrogens with zero attached hydrogens (tertiary/aromatic N) is 1. The smallest absolute Gasteiger partial charge is 0.317 e. The molecule has 0 aliphatic carbocycles. The molecule has 0 radical (unpaired) electrons. The van der Waals surface area contributed by atoms with Crippen LogP contribution in [0.25, 0.3) is 0 Å². The molecule has 3 heteroatoms. The predicted molar refractivity (Wildman–Crippen MR) is 69.2 cm³/mol. The van der Waals surface area contributed by atoms with Gasteiger partial charge >= 0.3 is 6.03 Å². The van der Waals surface area contributed by atoms with Gasteiger partial charge in [0.15, 0.2) is 0 Å². The molecule has 0 saturated carbocycles. The summed E-state index contributed by atoms with van der Waals surface area (Å²) in [7, 11) is 0. The number of benzene rings is 1. The number of carbonyl (C=O) groups is 1. The normalized spacial score (nSPS) is 16.2. The fraction of sp³-hybridized carbons (Fsp3) is 0.500. The van der Waals surface area contributed by atoms with E-state index in [1.807, 2.05) is 4.90 Å². The average Bonchev–Trinajstić information content (AvgIpc) is 2.64. The first kappa shape index (κ1) is 12.0. The summed E-state index contributed by atoms with van der Waals surface area (Å²) in [6.45, 7) is 8.80. The van der Waals surface area contributed by atoms with E-state index in [0.29, 0.717) is 0 Å².